The molecule has 0 heterocycles. The Morgan fingerprint density at radius 1 is 1.10 bits per heavy atom. The summed E-state index contributed by atoms with van der Waals surface area (Å²) in [6.07, 6.45) is 1.99. The topological polar surface area (TPSA) is 86.6 Å². The molecule has 0 aliphatic heterocycles. The number of aliphatic carboxylic acids is 1. The number of nitrogens with one attached hydrogen (secondary N) is 1. The molecule has 20 heavy (non-hydrogen) atoms. The third-order valence-electron chi connectivity index (χ3n) is 2.95. The summed E-state index contributed by atoms with van der Waals surface area (Å²) in [6.45, 7) is -0.115. The molecule has 0 aliphatic carbocycles. The molecular formula is C15H21NO4. The Kier molecular flexibility index (Phi) is 7.35. The van der Waals surface area contributed by atoms with Gasteiger partial charge in [0.1, 0.15) is 0 Å². The first kappa shape index (κ1) is 16.2. The number of benzene rings is 1. The standard InChI is InChI=1S/C15H21NO4/c17-11-13(10-12-6-2-1-3-7-12)16-14(18)8-4-5-9-15(19)20/h1-3,6-7,13,17H,4-5,8-11H2,(H,16,18)(H,19,20). The van der Waals surface area contributed by atoms with Crippen LogP contribution >= 0.6 is 0 Å². The number of carboxylic acids is 1. The molecule has 1 aromatic carbocycles. The number of amides is 1. The van der Waals surface area contributed by atoms with Gasteiger partial charge in [-0.05, 0) is 24.8 Å². The number of carbonyl (C=O) groups excluding carboxylic acids is 1. The Balaban J connectivity index is 2.29. The summed E-state index contributed by atoms with van der Waals surface area (Å²) < 4.78 is 0. The van der Waals surface area contributed by atoms with Gasteiger partial charge in [0.2, 0.25) is 5.91 Å². The van der Waals surface area contributed by atoms with Gasteiger partial charge in [-0.15, -0.1) is 0 Å². The van der Waals surface area contributed by atoms with Crippen molar-refractivity contribution < 1.29 is 19.8 Å². The highest BCUT2D eigenvalue weighted by Crippen LogP contribution is 2.04. The Labute approximate surface area is 118 Å². The van der Waals surface area contributed by atoms with Crippen LogP contribution in [-0.4, -0.2) is 34.7 Å². The zero-order chi connectivity index (χ0) is 14.8. The highest BCUT2D eigenvalue weighted by molar-refractivity contribution is 5.76. The van der Waals surface area contributed by atoms with Crippen LogP contribution in [0.3, 0.4) is 0 Å². The number of aliphatic hydroxyl groups is 1. The number of carboxylic acid groups (broad SMARTS) is 1. The van der Waals surface area contributed by atoms with Crippen molar-refractivity contribution in [2.45, 2.75) is 38.1 Å². The summed E-state index contributed by atoms with van der Waals surface area (Å²) in [5.74, 6) is -0.993. The third kappa shape index (κ3) is 6.89. The van der Waals surface area contributed by atoms with E-state index in [1.807, 2.05) is 30.3 Å². The molecule has 0 saturated carbocycles. The smallest absolute Gasteiger partial charge is 0.303 e. The maximum Gasteiger partial charge on any atom is 0.303 e. The van der Waals surface area contributed by atoms with Crippen molar-refractivity contribution in [1.82, 2.24) is 5.32 Å². The average molecular weight is 279 g/mol. The molecule has 0 aromatic heterocycles. The maximum absolute atomic E-state index is 11.7. The summed E-state index contributed by atoms with van der Waals surface area (Å²) >= 11 is 0. The molecule has 0 fully saturated rings. The first-order valence-electron chi connectivity index (χ1n) is 6.77. The number of carbonyl (C=O) groups is 2. The van der Waals surface area contributed by atoms with Gasteiger partial charge in [0.15, 0.2) is 0 Å². The van der Waals surface area contributed by atoms with Crippen LogP contribution in [-0.2, 0) is 16.0 Å². The fourth-order valence-corrected chi connectivity index (χ4v) is 1.92. The fourth-order valence-electron chi connectivity index (χ4n) is 1.92. The van der Waals surface area contributed by atoms with E-state index in [-0.39, 0.29) is 25.0 Å². The average Bonchev–Trinajstić information content (AvgIpc) is 2.44. The molecule has 0 bridgehead atoms. The summed E-state index contributed by atoms with van der Waals surface area (Å²) in [4.78, 5) is 22.0. The highest BCUT2D eigenvalue weighted by atomic mass is 16.4. The van der Waals surface area contributed by atoms with E-state index < -0.39 is 5.97 Å². The number of unbranched alkanes of at least 4 members (excludes halogenated alkanes) is 1. The molecule has 0 saturated heterocycles. The van der Waals surface area contributed by atoms with Crippen LogP contribution in [0.5, 0.6) is 0 Å². The van der Waals surface area contributed by atoms with E-state index in [1.54, 1.807) is 0 Å². The van der Waals surface area contributed by atoms with Crippen LogP contribution in [0.25, 0.3) is 0 Å². The predicted molar refractivity (Wildman–Crippen MR) is 75.3 cm³/mol. The van der Waals surface area contributed by atoms with Gasteiger partial charge < -0.3 is 15.5 Å². The molecule has 3 N–H and O–H groups in total. The summed E-state index contributed by atoms with van der Waals surface area (Å²) in [5.41, 5.74) is 1.05. The summed E-state index contributed by atoms with van der Waals surface area (Å²) in [7, 11) is 0. The van der Waals surface area contributed by atoms with E-state index in [4.69, 9.17) is 5.11 Å². The third-order valence-corrected chi connectivity index (χ3v) is 2.95. The number of hydrogen-bond donors (Lipinski definition) is 3. The van der Waals surface area contributed by atoms with E-state index in [9.17, 15) is 14.7 Å². The zero-order valence-electron chi connectivity index (χ0n) is 11.4. The van der Waals surface area contributed by atoms with Crippen molar-refractivity contribution >= 4 is 11.9 Å². The Bertz CT molecular complexity index is 419. The maximum atomic E-state index is 11.7. The Hall–Kier alpha value is -1.88. The van der Waals surface area contributed by atoms with Crippen molar-refractivity contribution in [3.8, 4) is 0 Å². The molecule has 0 radical (unpaired) electrons. The van der Waals surface area contributed by atoms with E-state index in [2.05, 4.69) is 5.32 Å². The number of rotatable bonds is 9. The van der Waals surface area contributed by atoms with Crippen LogP contribution < -0.4 is 5.32 Å². The van der Waals surface area contributed by atoms with Gasteiger partial charge in [0, 0.05) is 12.8 Å². The first-order valence-corrected chi connectivity index (χ1v) is 6.77. The molecule has 1 rings (SSSR count). The number of aliphatic hydroxyl groups excluding tert-OH is 1. The van der Waals surface area contributed by atoms with E-state index >= 15 is 0 Å². The second kappa shape index (κ2) is 9.09. The monoisotopic (exact) mass is 279 g/mol. The van der Waals surface area contributed by atoms with Gasteiger partial charge in [-0.1, -0.05) is 30.3 Å². The van der Waals surface area contributed by atoms with Crippen LogP contribution in [0.15, 0.2) is 30.3 Å². The van der Waals surface area contributed by atoms with Crippen molar-refractivity contribution in [1.29, 1.82) is 0 Å². The molecule has 5 nitrogen and oxygen atoms in total. The van der Waals surface area contributed by atoms with Gasteiger partial charge in [-0.2, -0.15) is 0 Å². The normalized spacial score (nSPS) is 11.8. The van der Waals surface area contributed by atoms with Crippen molar-refractivity contribution in [3.05, 3.63) is 35.9 Å². The highest BCUT2D eigenvalue weighted by Gasteiger charge is 2.12. The van der Waals surface area contributed by atoms with Crippen molar-refractivity contribution in [3.63, 3.8) is 0 Å². The molecule has 1 aromatic rings. The Morgan fingerprint density at radius 2 is 1.75 bits per heavy atom. The van der Waals surface area contributed by atoms with Gasteiger partial charge >= 0.3 is 5.97 Å². The predicted octanol–water partition coefficient (Wildman–Crippen LogP) is 1.35. The van der Waals surface area contributed by atoms with E-state index in [0.717, 1.165) is 5.56 Å². The van der Waals surface area contributed by atoms with Crippen LogP contribution in [0, 0.1) is 0 Å². The minimum atomic E-state index is -0.845. The summed E-state index contributed by atoms with van der Waals surface area (Å²) in [6, 6.07) is 9.33. The largest absolute Gasteiger partial charge is 0.481 e. The van der Waals surface area contributed by atoms with Gasteiger partial charge in [0.05, 0.1) is 12.6 Å². The molecule has 1 atom stereocenters. The SMILES string of the molecule is O=C(O)CCCCC(=O)NC(CO)Cc1ccccc1. The molecule has 0 spiro atoms. The van der Waals surface area contributed by atoms with Crippen molar-refractivity contribution in [2.24, 2.45) is 0 Å². The second-order valence-electron chi connectivity index (χ2n) is 4.74. The molecule has 1 amide bonds. The van der Waals surface area contributed by atoms with Gasteiger partial charge in [-0.3, -0.25) is 9.59 Å². The van der Waals surface area contributed by atoms with E-state index in [1.165, 1.54) is 0 Å². The molecule has 0 aliphatic rings. The van der Waals surface area contributed by atoms with Crippen molar-refractivity contribution in [2.75, 3.05) is 6.61 Å². The first-order chi connectivity index (χ1) is 9.61. The van der Waals surface area contributed by atoms with Gasteiger partial charge in [0.25, 0.3) is 0 Å². The van der Waals surface area contributed by atoms with Crippen LogP contribution in [0.1, 0.15) is 31.2 Å². The van der Waals surface area contributed by atoms with E-state index in [0.29, 0.717) is 25.7 Å². The molecule has 5 heteroatoms. The lowest BCUT2D eigenvalue weighted by Crippen LogP contribution is -2.38. The lowest BCUT2D eigenvalue weighted by molar-refractivity contribution is -0.137. The number of hydrogen-bond acceptors (Lipinski definition) is 3. The summed E-state index contributed by atoms with van der Waals surface area (Å²) in [5, 5.41) is 20.5. The molecule has 1 unspecified atom stereocenters. The molecule has 110 valence electrons. The minimum Gasteiger partial charge on any atom is -0.481 e. The van der Waals surface area contributed by atoms with Gasteiger partial charge in [-0.25, -0.2) is 0 Å². The second-order valence-corrected chi connectivity index (χ2v) is 4.74. The lowest BCUT2D eigenvalue weighted by Gasteiger charge is -2.16. The quantitative estimate of drug-likeness (QED) is 0.596. The lowest BCUT2D eigenvalue weighted by atomic mass is 10.1. The van der Waals surface area contributed by atoms with Crippen LogP contribution in [0.4, 0.5) is 0 Å². The zero-order valence-corrected chi connectivity index (χ0v) is 11.4. The Morgan fingerprint density at radius 3 is 2.35 bits per heavy atom. The minimum absolute atomic E-state index is 0.0841. The fraction of sp³-hybridized carbons (Fsp3) is 0.467. The molecular weight excluding hydrogens is 258 g/mol. The van der Waals surface area contributed by atoms with Crippen LogP contribution in [0.2, 0.25) is 0 Å².